The maximum Gasteiger partial charge on any atom is 0.165 e. The lowest BCUT2D eigenvalue weighted by Gasteiger charge is -2.10. The number of ether oxygens (including phenoxy) is 1. The number of benzene rings is 3. The minimum absolute atomic E-state index is 0.0330. The van der Waals surface area contributed by atoms with E-state index < -0.39 is 11.6 Å². The molecule has 0 atom stereocenters. The molecule has 1 saturated carbocycles. The molecule has 1 aliphatic rings. The molecule has 0 heterocycles. The quantitative estimate of drug-likeness (QED) is 0.291. The maximum absolute atomic E-state index is 15.3. The van der Waals surface area contributed by atoms with Gasteiger partial charge >= 0.3 is 0 Å². The molecule has 0 spiro atoms. The van der Waals surface area contributed by atoms with Gasteiger partial charge in [-0.15, -0.1) is 0 Å². The summed E-state index contributed by atoms with van der Waals surface area (Å²) in [5.41, 5.74) is 1.76. The minimum Gasteiger partial charge on any atom is -0.454 e. The number of rotatable bonds is 6. The van der Waals surface area contributed by atoms with E-state index in [4.69, 9.17) is 16.3 Å². The zero-order chi connectivity index (χ0) is 21.8. The Bertz CT molecular complexity index is 1190. The number of allylic oxidation sites excluding steroid dienone is 4. The van der Waals surface area contributed by atoms with Gasteiger partial charge in [0.25, 0.3) is 0 Å². The summed E-state index contributed by atoms with van der Waals surface area (Å²) in [5, 5.41) is 10.2. The van der Waals surface area contributed by atoms with Gasteiger partial charge in [0, 0.05) is 5.02 Å². The van der Waals surface area contributed by atoms with E-state index in [1.54, 1.807) is 48.5 Å². The molecule has 3 aromatic rings. The fourth-order valence-corrected chi connectivity index (χ4v) is 3.45. The van der Waals surface area contributed by atoms with Gasteiger partial charge in [-0.25, -0.2) is 8.78 Å². The zero-order valence-electron chi connectivity index (χ0n) is 16.5. The Labute approximate surface area is 184 Å². The SMILES string of the molecule is N#C/C(=C\C(F)=C(c1ccc(Cl)cc1)C1CC1)c1ccc(F)c(Oc2ccccc2)c1. The van der Waals surface area contributed by atoms with Gasteiger partial charge in [0.15, 0.2) is 11.6 Å². The van der Waals surface area contributed by atoms with Crippen LogP contribution in [-0.2, 0) is 0 Å². The highest BCUT2D eigenvalue weighted by Gasteiger charge is 2.29. The summed E-state index contributed by atoms with van der Waals surface area (Å²) in [4.78, 5) is 0. The van der Waals surface area contributed by atoms with Crippen LogP contribution in [0.4, 0.5) is 8.78 Å². The molecule has 0 bridgehead atoms. The third-order valence-electron chi connectivity index (χ3n) is 5.00. The highest BCUT2D eigenvalue weighted by Crippen LogP contribution is 2.45. The summed E-state index contributed by atoms with van der Waals surface area (Å²) in [5.74, 6) is -0.500. The van der Waals surface area contributed by atoms with Gasteiger partial charge in [0.1, 0.15) is 11.6 Å². The number of nitriles is 1. The van der Waals surface area contributed by atoms with Gasteiger partial charge in [-0.1, -0.05) is 48.0 Å². The van der Waals surface area contributed by atoms with Gasteiger partial charge in [0.2, 0.25) is 0 Å². The van der Waals surface area contributed by atoms with E-state index in [0.717, 1.165) is 18.4 Å². The van der Waals surface area contributed by atoms with Crippen molar-refractivity contribution < 1.29 is 13.5 Å². The van der Waals surface area contributed by atoms with E-state index in [0.29, 0.717) is 21.9 Å². The zero-order valence-corrected chi connectivity index (χ0v) is 17.2. The fourth-order valence-electron chi connectivity index (χ4n) is 3.32. The van der Waals surface area contributed by atoms with Crippen molar-refractivity contribution in [3.8, 4) is 17.6 Å². The molecular formula is C26H18ClF2NO. The van der Waals surface area contributed by atoms with E-state index in [1.807, 2.05) is 12.1 Å². The predicted octanol–water partition coefficient (Wildman–Crippen LogP) is 7.97. The average molecular weight is 434 g/mol. The van der Waals surface area contributed by atoms with Gasteiger partial charge < -0.3 is 4.74 Å². The standard InChI is InChI=1S/C26H18ClF2NO/c27-21-11-8-18(9-12-21)26(17-6-7-17)24(29)14-20(16-30)19-10-13-23(28)25(15-19)31-22-4-2-1-3-5-22/h1-5,8-15,17H,6-7H2/b20-14+,26-24?. The number of para-hydroxylation sites is 1. The Morgan fingerprint density at radius 3 is 2.32 bits per heavy atom. The molecule has 2 nitrogen and oxygen atoms in total. The maximum atomic E-state index is 15.3. The lowest BCUT2D eigenvalue weighted by atomic mass is 9.98. The molecule has 4 rings (SSSR count). The number of hydrogen-bond donors (Lipinski definition) is 0. The molecule has 0 amide bonds. The molecule has 0 saturated heterocycles. The largest absolute Gasteiger partial charge is 0.454 e. The fraction of sp³-hybridized carbons (Fsp3) is 0.115. The first-order valence-electron chi connectivity index (χ1n) is 9.85. The van der Waals surface area contributed by atoms with E-state index in [-0.39, 0.29) is 17.2 Å². The molecule has 31 heavy (non-hydrogen) atoms. The van der Waals surface area contributed by atoms with Crippen LogP contribution < -0.4 is 4.74 Å². The Morgan fingerprint density at radius 2 is 1.68 bits per heavy atom. The molecule has 0 aromatic heterocycles. The summed E-state index contributed by atoms with van der Waals surface area (Å²) < 4.78 is 35.2. The van der Waals surface area contributed by atoms with Crippen LogP contribution in [-0.4, -0.2) is 0 Å². The normalized spacial score (nSPS) is 14.6. The lowest BCUT2D eigenvalue weighted by Crippen LogP contribution is -1.93. The van der Waals surface area contributed by atoms with E-state index in [2.05, 4.69) is 0 Å². The Balaban J connectivity index is 1.70. The molecule has 3 aromatic carbocycles. The molecule has 154 valence electrons. The van der Waals surface area contributed by atoms with Crippen molar-refractivity contribution in [1.82, 2.24) is 0 Å². The second-order valence-electron chi connectivity index (χ2n) is 7.27. The smallest absolute Gasteiger partial charge is 0.165 e. The lowest BCUT2D eigenvalue weighted by molar-refractivity contribution is 0.442. The van der Waals surface area contributed by atoms with Crippen LogP contribution in [0, 0.1) is 23.1 Å². The van der Waals surface area contributed by atoms with Gasteiger partial charge in [0.05, 0.1) is 11.6 Å². The Morgan fingerprint density at radius 1 is 1.00 bits per heavy atom. The highest BCUT2D eigenvalue weighted by molar-refractivity contribution is 6.30. The first-order chi connectivity index (χ1) is 15.0. The van der Waals surface area contributed by atoms with Crippen molar-refractivity contribution >= 4 is 22.7 Å². The molecule has 0 radical (unpaired) electrons. The van der Waals surface area contributed by atoms with E-state index in [1.165, 1.54) is 24.3 Å². The summed E-state index contributed by atoms with van der Waals surface area (Å²) in [6.07, 6.45) is 3.00. The Kier molecular flexibility index (Phi) is 6.16. The van der Waals surface area contributed by atoms with Crippen LogP contribution in [0.15, 0.2) is 84.7 Å². The van der Waals surface area contributed by atoms with Gasteiger partial charge in [-0.3, -0.25) is 0 Å². The molecular weight excluding hydrogens is 416 g/mol. The van der Waals surface area contributed by atoms with Gasteiger partial charge in [-0.05, 0) is 77.9 Å². The van der Waals surface area contributed by atoms with Crippen LogP contribution >= 0.6 is 11.6 Å². The highest BCUT2D eigenvalue weighted by atomic mass is 35.5. The molecule has 1 aliphatic carbocycles. The third kappa shape index (κ3) is 5.02. The summed E-state index contributed by atoms with van der Waals surface area (Å²) in [6, 6.07) is 21.8. The Hall–Kier alpha value is -3.42. The number of hydrogen-bond acceptors (Lipinski definition) is 2. The van der Waals surface area contributed by atoms with Gasteiger partial charge in [-0.2, -0.15) is 5.26 Å². The summed E-state index contributed by atoms with van der Waals surface area (Å²) >= 11 is 5.96. The van der Waals surface area contributed by atoms with Crippen molar-refractivity contribution in [2.24, 2.45) is 5.92 Å². The second kappa shape index (κ2) is 9.16. The van der Waals surface area contributed by atoms with Crippen molar-refractivity contribution in [3.63, 3.8) is 0 Å². The van der Waals surface area contributed by atoms with E-state index >= 15 is 4.39 Å². The average Bonchev–Trinajstić information content (AvgIpc) is 3.61. The molecule has 0 N–H and O–H groups in total. The second-order valence-corrected chi connectivity index (χ2v) is 7.71. The van der Waals surface area contributed by atoms with Crippen LogP contribution in [0.5, 0.6) is 11.5 Å². The first kappa shape index (κ1) is 20.8. The van der Waals surface area contributed by atoms with Crippen molar-refractivity contribution in [2.75, 3.05) is 0 Å². The third-order valence-corrected chi connectivity index (χ3v) is 5.25. The van der Waals surface area contributed by atoms with Crippen LogP contribution in [0.1, 0.15) is 24.0 Å². The van der Waals surface area contributed by atoms with Crippen LogP contribution in [0.2, 0.25) is 5.02 Å². The van der Waals surface area contributed by atoms with Crippen LogP contribution in [0.3, 0.4) is 0 Å². The predicted molar refractivity (Wildman–Crippen MR) is 119 cm³/mol. The number of nitrogens with zero attached hydrogens (tertiary/aromatic N) is 1. The van der Waals surface area contributed by atoms with Crippen LogP contribution in [0.25, 0.3) is 11.1 Å². The molecule has 0 aliphatic heterocycles. The molecule has 0 unspecified atom stereocenters. The van der Waals surface area contributed by atoms with Crippen molar-refractivity contribution in [2.45, 2.75) is 12.8 Å². The number of halogens is 3. The monoisotopic (exact) mass is 433 g/mol. The topological polar surface area (TPSA) is 33.0 Å². The molecule has 5 heteroatoms. The van der Waals surface area contributed by atoms with Crippen molar-refractivity contribution in [1.29, 1.82) is 5.26 Å². The summed E-state index contributed by atoms with van der Waals surface area (Å²) in [6.45, 7) is 0. The first-order valence-corrected chi connectivity index (χ1v) is 10.2. The molecule has 1 fully saturated rings. The van der Waals surface area contributed by atoms with Crippen molar-refractivity contribution in [3.05, 3.63) is 107 Å². The summed E-state index contributed by atoms with van der Waals surface area (Å²) in [7, 11) is 0. The minimum atomic E-state index is -0.569. The van der Waals surface area contributed by atoms with E-state index in [9.17, 15) is 9.65 Å².